The second-order valence-corrected chi connectivity index (χ2v) is 3.44. The zero-order valence-electron chi connectivity index (χ0n) is 7.40. The zero-order chi connectivity index (χ0) is 10.1. The third-order valence-corrected chi connectivity index (χ3v) is 2.44. The quantitative estimate of drug-likeness (QED) is 0.613. The minimum Gasteiger partial charge on any atom is -0.445 e. The molecule has 0 N–H and O–H groups in total. The van der Waals surface area contributed by atoms with Gasteiger partial charge in [0, 0.05) is 5.92 Å². The van der Waals surface area contributed by atoms with Gasteiger partial charge in [0.2, 0.25) is 0 Å². The summed E-state index contributed by atoms with van der Waals surface area (Å²) in [4.78, 5) is 10.8. The van der Waals surface area contributed by atoms with Gasteiger partial charge in [-0.15, -0.1) is 11.5 Å². The van der Waals surface area contributed by atoms with E-state index in [9.17, 15) is 17.7 Å². The number of Topliss-reactive ketones (excluding diaryl/α,β-unsaturated/α-hetero) is 1. The van der Waals surface area contributed by atoms with Crippen molar-refractivity contribution in [2.45, 2.75) is 26.2 Å². The van der Waals surface area contributed by atoms with Crippen LogP contribution in [0.2, 0.25) is 0 Å². The first kappa shape index (κ1) is 10.3. The fourth-order valence-corrected chi connectivity index (χ4v) is 1.52. The highest BCUT2D eigenvalue weighted by molar-refractivity contribution is 6.66. The van der Waals surface area contributed by atoms with Crippen LogP contribution in [-0.2, 0) is 4.79 Å². The summed E-state index contributed by atoms with van der Waals surface area (Å²) >= 11 is 0. The number of hydrogen-bond donors (Lipinski definition) is 0. The minimum atomic E-state index is -4.82. The fraction of sp³-hybridized carbons (Fsp3) is 0.625. The van der Waals surface area contributed by atoms with Gasteiger partial charge < -0.3 is 12.9 Å². The zero-order valence-corrected chi connectivity index (χ0v) is 7.40. The molecule has 0 aromatic carbocycles. The van der Waals surface area contributed by atoms with Crippen molar-refractivity contribution < 1.29 is 17.7 Å². The van der Waals surface area contributed by atoms with Gasteiger partial charge in [-0.1, -0.05) is 6.42 Å². The van der Waals surface area contributed by atoms with Crippen LogP contribution in [0.25, 0.3) is 0 Å². The molecule has 0 spiro atoms. The molecule has 0 saturated carbocycles. The Morgan fingerprint density at radius 3 is 2.46 bits per heavy atom. The highest BCUT2D eigenvalue weighted by Gasteiger charge is 2.31. The number of allylic oxidation sites excluding steroid dienone is 2. The van der Waals surface area contributed by atoms with Crippen molar-refractivity contribution >= 4 is 12.8 Å². The molecule has 0 radical (unpaired) electrons. The maximum absolute atomic E-state index is 12.2. The van der Waals surface area contributed by atoms with Crippen molar-refractivity contribution in [3.05, 3.63) is 11.5 Å². The van der Waals surface area contributed by atoms with E-state index in [1.54, 1.807) is 0 Å². The minimum absolute atomic E-state index is 0.00769. The molecule has 0 heterocycles. The van der Waals surface area contributed by atoms with Crippen molar-refractivity contribution in [1.82, 2.24) is 0 Å². The Morgan fingerprint density at radius 1 is 1.54 bits per heavy atom. The second kappa shape index (κ2) is 3.56. The number of hydrogen-bond acceptors (Lipinski definition) is 1. The van der Waals surface area contributed by atoms with Crippen LogP contribution in [0, 0.1) is 5.92 Å². The van der Waals surface area contributed by atoms with Gasteiger partial charge in [-0.3, -0.25) is 4.79 Å². The van der Waals surface area contributed by atoms with Crippen LogP contribution in [-0.4, -0.2) is 12.8 Å². The summed E-state index contributed by atoms with van der Waals surface area (Å²) in [7, 11) is 0. The molecule has 0 amide bonds. The van der Waals surface area contributed by atoms with Gasteiger partial charge in [-0.05, 0) is 19.8 Å². The van der Waals surface area contributed by atoms with Gasteiger partial charge in [0.1, 0.15) is 5.78 Å². The molecule has 0 bridgehead atoms. The summed E-state index contributed by atoms with van der Waals surface area (Å²) < 4.78 is 36.5. The molecular weight excluding hydrogens is 180 g/mol. The molecule has 1 atom stereocenters. The summed E-state index contributed by atoms with van der Waals surface area (Å²) in [6.07, 6.45) is 1.79. The lowest BCUT2D eigenvalue weighted by atomic mass is 9.71. The predicted octanol–water partition coefficient (Wildman–Crippen LogP) is 2.69. The van der Waals surface area contributed by atoms with Gasteiger partial charge in [0.25, 0.3) is 0 Å². The Kier molecular flexibility index (Phi) is 2.83. The smallest absolute Gasteiger partial charge is 0.445 e. The lowest BCUT2D eigenvalue weighted by molar-refractivity contribution is -0.120. The van der Waals surface area contributed by atoms with E-state index >= 15 is 0 Å². The third-order valence-electron chi connectivity index (χ3n) is 2.44. The monoisotopic (exact) mass is 191 g/mol. The number of halogens is 3. The lowest BCUT2D eigenvalue weighted by Gasteiger charge is -2.26. The third kappa shape index (κ3) is 2.61. The molecular formula is C8H11BF3O-. The maximum atomic E-state index is 12.2. The Morgan fingerprint density at radius 2 is 2.15 bits per heavy atom. The van der Waals surface area contributed by atoms with E-state index in [4.69, 9.17) is 0 Å². The average molecular weight is 191 g/mol. The van der Waals surface area contributed by atoms with E-state index < -0.39 is 12.4 Å². The SMILES string of the molecule is CC(=O)C1CC=C([B-](F)(F)F)CC1. The summed E-state index contributed by atoms with van der Waals surface area (Å²) in [5, 5.41) is 0. The molecule has 1 rings (SSSR count). The lowest BCUT2D eigenvalue weighted by Crippen LogP contribution is -2.24. The van der Waals surface area contributed by atoms with Crippen LogP contribution in [0.3, 0.4) is 0 Å². The van der Waals surface area contributed by atoms with Crippen LogP contribution in [0.5, 0.6) is 0 Å². The van der Waals surface area contributed by atoms with Crippen molar-refractivity contribution in [1.29, 1.82) is 0 Å². The van der Waals surface area contributed by atoms with Gasteiger partial charge in [-0.2, -0.15) is 0 Å². The van der Waals surface area contributed by atoms with E-state index in [-0.39, 0.29) is 24.5 Å². The van der Waals surface area contributed by atoms with Crippen molar-refractivity contribution in [2.75, 3.05) is 0 Å². The van der Waals surface area contributed by atoms with E-state index in [0.717, 1.165) is 0 Å². The van der Waals surface area contributed by atoms with Gasteiger partial charge >= 0.3 is 6.98 Å². The average Bonchev–Trinajstić information content (AvgIpc) is 2.03. The first-order valence-electron chi connectivity index (χ1n) is 4.30. The second-order valence-electron chi connectivity index (χ2n) is 3.44. The summed E-state index contributed by atoms with van der Waals surface area (Å²) in [6.45, 7) is -3.39. The van der Waals surface area contributed by atoms with Gasteiger partial charge in [0.15, 0.2) is 0 Å². The largest absolute Gasteiger partial charge is 0.505 e. The highest BCUT2D eigenvalue weighted by atomic mass is 19.4. The predicted molar refractivity (Wildman–Crippen MR) is 45.2 cm³/mol. The van der Waals surface area contributed by atoms with E-state index in [1.807, 2.05) is 0 Å². The molecule has 5 heteroatoms. The molecule has 1 unspecified atom stereocenters. The number of rotatable bonds is 2. The standard InChI is InChI=1S/C8H11BF3O/c1-6(13)7-2-4-8(5-3-7)9(10,11)12/h4,7H,2-3,5H2,1H3/q-1. The van der Waals surface area contributed by atoms with Crippen LogP contribution < -0.4 is 0 Å². The molecule has 13 heavy (non-hydrogen) atoms. The Balaban J connectivity index is 2.63. The van der Waals surface area contributed by atoms with Crippen molar-refractivity contribution in [3.8, 4) is 0 Å². The van der Waals surface area contributed by atoms with Crippen molar-refractivity contribution in [2.24, 2.45) is 5.92 Å². The first-order valence-corrected chi connectivity index (χ1v) is 4.30. The summed E-state index contributed by atoms with van der Waals surface area (Å²) in [5.41, 5.74) is -0.419. The summed E-state index contributed by atoms with van der Waals surface area (Å²) in [6, 6.07) is 0. The van der Waals surface area contributed by atoms with E-state index in [0.29, 0.717) is 6.42 Å². The number of carbonyl (C=O) groups excluding carboxylic acids is 1. The van der Waals surface area contributed by atoms with Gasteiger partial charge in [0.05, 0.1) is 0 Å². The molecule has 1 aliphatic carbocycles. The summed E-state index contributed by atoms with van der Waals surface area (Å²) in [5.74, 6) is -0.202. The van der Waals surface area contributed by atoms with Crippen LogP contribution in [0.15, 0.2) is 11.5 Å². The molecule has 0 aliphatic heterocycles. The normalized spacial score (nSPS) is 24.0. The number of ketones is 1. The van der Waals surface area contributed by atoms with Gasteiger partial charge in [-0.25, -0.2) is 0 Å². The van der Waals surface area contributed by atoms with E-state index in [1.165, 1.54) is 13.0 Å². The molecule has 0 saturated heterocycles. The Labute approximate surface area is 75.1 Å². The molecule has 0 fully saturated rings. The van der Waals surface area contributed by atoms with E-state index in [2.05, 4.69) is 0 Å². The molecule has 1 nitrogen and oxygen atoms in total. The Bertz CT molecular complexity index is 244. The maximum Gasteiger partial charge on any atom is 0.505 e. The number of carbonyl (C=O) groups is 1. The highest BCUT2D eigenvalue weighted by Crippen LogP contribution is 2.31. The Hall–Kier alpha value is -0.735. The molecule has 1 aliphatic rings. The molecule has 74 valence electrons. The molecule has 0 aromatic heterocycles. The first-order chi connectivity index (χ1) is 5.91. The van der Waals surface area contributed by atoms with Crippen LogP contribution in [0.1, 0.15) is 26.2 Å². The van der Waals surface area contributed by atoms with Crippen LogP contribution in [0.4, 0.5) is 12.9 Å². The molecule has 0 aromatic rings. The van der Waals surface area contributed by atoms with Crippen LogP contribution >= 0.6 is 0 Å². The van der Waals surface area contributed by atoms with Crippen molar-refractivity contribution in [3.63, 3.8) is 0 Å². The topological polar surface area (TPSA) is 17.1 Å². The fourth-order valence-electron chi connectivity index (χ4n) is 1.52.